The van der Waals surface area contributed by atoms with Crippen LogP contribution < -0.4 is 10.2 Å². The first-order valence-corrected chi connectivity index (χ1v) is 10.2. The van der Waals surface area contributed by atoms with E-state index in [4.69, 9.17) is 9.47 Å². The second-order valence-electron chi connectivity index (χ2n) is 7.53. The van der Waals surface area contributed by atoms with Crippen molar-refractivity contribution in [2.75, 3.05) is 19.1 Å². The maximum atomic E-state index is 12.8. The number of benzene rings is 2. The van der Waals surface area contributed by atoms with E-state index in [9.17, 15) is 19.2 Å². The molecule has 0 saturated carbocycles. The number of rotatable bonds is 9. The Labute approximate surface area is 187 Å². The highest BCUT2D eigenvalue weighted by atomic mass is 16.6. The first-order valence-electron chi connectivity index (χ1n) is 10.2. The number of nitrogens with one attached hydrogen (secondary N) is 1. The second kappa shape index (κ2) is 11.6. The van der Waals surface area contributed by atoms with Gasteiger partial charge in [0.25, 0.3) is 0 Å². The van der Waals surface area contributed by atoms with Gasteiger partial charge in [0.15, 0.2) is 5.78 Å². The molecule has 0 saturated heterocycles. The van der Waals surface area contributed by atoms with Crippen LogP contribution in [0.2, 0.25) is 0 Å². The molecule has 2 aromatic rings. The number of ether oxygens (including phenoxy) is 2. The predicted octanol–water partition coefficient (Wildman–Crippen LogP) is 3.35. The third-order valence-electron chi connectivity index (χ3n) is 4.80. The molecule has 2 aromatic carbocycles. The molecule has 0 aliphatic carbocycles. The molecule has 0 radical (unpaired) electrons. The van der Waals surface area contributed by atoms with Gasteiger partial charge in [-0.25, -0.2) is 9.59 Å². The maximum Gasteiger partial charge on any atom is 0.414 e. The van der Waals surface area contributed by atoms with Crippen molar-refractivity contribution in [1.82, 2.24) is 5.32 Å². The van der Waals surface area contributed by atoms with Crippen LogP contribution in [0.4, 0.5) is 10.5 Å². The molecule has 0 aliphatic rings. The molecule has 2 rings (SSSR count). The molecule has 2 amide bonds. The largest absolute Gasteiger partial charge is 0.467 e. The molecule has 170 valence electrons. The van der Waals surface area contributed by atoms with Crippen molar-refractivity contribution < 1.29 is 28.7 Å². The lowest BCUT2D eigenvalue weighted by atomic mass is 10.0. The standard InChI is InChI=1S/C24H28N2O6/c1-16(2)22(23(29)31-4)25-21(28)14-20(27)18-12-8-9-13-19(18)26(3)24(30)32-15-17-10-6-5-7-11-17/h5-13,16,22H,14-15H2,1-4H3,(H,25,28)/t22-/m0/s1. The highest BCUT2D eigenvalue weighted by Crippen LogP contribution is 2.22. The minimum absolute atomic E-state index is 0.0899. The van der Waals surface area contributed by atoms with E-state index in [2.05, 4.69) is 5.32 Å². The fourth-order valence-corrected chi connectivity index (χ4v) is 3.01. The van der Waals surface area contributed by atoms with Crippen molar-refractivity contribution in [2.45, 2.75) is 32.9 Å². The van der Waals surface area contributed by atoms with Crippen LogP contribution in [0.3, 0.4) is 0 Å². The molecule has 0 aromatic heterocycles. The van der Waals surface area contributed by atoms with Gasteiger partial charge in [-0.3, -0.25) is 14.5 Å². The fourth-order valence-electron chi connectivity index (χ4n) is 3.01. The number of methoxy groups -OCH3 is 1. The van der Waals surface area contributed by atoms with Crippen molar-refractivity contribution in [3.8, 4) is 0 Å². The van der Waals surface area contributed by atoms with Gasteiger partial charge in [0.2, 0.25) is 5.91 Å². The Morgan fingerprint density at radius 2 is 1.59 bits per heavy atom. The monoisotopic (exact) mass is 440 g/mol. The van der Waals surface area contributed by atoms with Gasteiger partial charge in [0.05, 0.1) is 19.2 Å². The number of amides is 2. The van der Waals surface area contributed by atoms with E-state index in [0.29, 0.717) is 5.69 Å². The average Bonchev–Trinajstić information content (AvgIpc) is 2.80. The molecular formula is C24H28N2O6. The van der Waals surface area contributed by atoms with E-state index in [1.54, 1.807) is 32.0 Å². The van der Waals surface area contributed by atoms with Gasteiger partial charge >= 0.3 is 12.1 Å². The number of hydrogen-bond acceptors (Lipinski definition) is 6. The summed E-state index contributed by atoms with van der Waals surface area (Å²) in [4.78, 5) is 50.8. The van der Waals surface area contributed by atoms with Crippen LogP contribution in [-0.4, -0.2) is 44.0 Å². The molecule has 1 atom stereocenters. The van der Waals surface area contributed by atoms with Gasteiger partial charge < -0.3 is 14.8 Å². The molecule has 1 N–H and O–H groups in total. The Bertz CT molecular complexity index is 958. The number of esters is 1. The zero-order chi connectivity index (χ0) is 23.7. The van der Waals surface area contributed by atoms with Crippen molar-refractivity contribution >= 4 is 29.4 Å². The first-order chi connectivity index (χ1) is 15.2. The van der Waals surface area contributed by atoms with Gasteiger partial charge in [0, 0.05) is 12.6 Å². The lowest BCUT2D eigenvalue weighted by molar-refractivity contribution is -0.146. The Balaban J connectivity index is 2.07. The third-order valence-corrected chi connectivity index (χ3v) is 4.80. The van der Waals surface area contributed by atoms with Crippen molar-refractivity contribution in [2.24, 2.45) is 5.92 Å². The smallest absolute Gasteiger partial charge is 0.414 e. The molecule has 0 aliphatic heterocycles. The van der Waals surface area contributed by atoms with Crippen molar-refractivity contribution in [3.63, 3.8) is 0 Å². The summed E-state index contributed by atoms with van der Waals surface area (Å²) in [6.07, 6.45) is -1.12. The molecule has 0 bridgehead atoms. The molecular weight excluding hydrogens is 412 g/mol. The summed E-state index contributed by atoms with van der Waals surface area (Å²) in [6.45, 7) is 3.61. The lowest BCUT2D eigenvalue weighted by Gasteiger charge is -2.21. The van der Waals surface area contributed by atoms with Crippen molar-refractivity contribution in [1.29, 1.82) is 0 Å². The summed E-state index contributed by atoms with van der Waals surface area (Å²) < 4.78 is 10.0. The number of carbonyl (C=O) groups is 4. The highest BCUT2D eigenvalue weighted by molar-refractivity contribution is 6.12. The summed E-state index contributed by atoms with van der Waals surface area (Å²) in [7, 11) is 2.73. The minimum atomic E-state index is -0.855. The molecule has 0 spiro atoms. The molecule has 8 heteroatoms. The normalized spacial score (nSPS) is 11.4. The summed E-state index contributed by atoms with van der Waals surface area (Å²) >= 11 is 0. The Hall–Kier alpha value is -3.68. The maximum absolute atomic E-state index is 12.8. The summed E-state index contributed by atoms with van der Waals surface area (Å²) in [5, 5.41) is 2.54. The Kier molecular flexibility index (Phi) is 8.95. The van der Waals surface area contributed by atoms with E-state index in [1.165, 1.54) is 25.1 Å². The zero-order valence-electron chi connectivity index (χ0n) is 18.7. The van der Waals surface area contributed by atoms with Crippen LogP contribution >= 0.6 is 0 Å². The average molecular weight is 440 g/mol. The van der Waals surface area contributed by atoms with Gasteiger partial charge in [-0.15, -0.1) is 0 Å². The predicted molar refractivity (Wildman–Crippen MR) is 119 cm³/mol. The number of carbonyl (C=O) groups excluding carboxylic acids is 4. The number of anilines is 1. The quantitative estimate of drug-likeness (QED) is 0.365. The van der Waals surface area contributed by atoms with Crippen LogP contribution in [0.15, 0.2) is 54.6 Å². The topological polar surface area (TPSA) is 102 Å². The number of Topliss-reactive ketones (excluding diaryl/α,β-unsaturated/α-hetero) is 1. The second-order valence-corrected chi connectivity index (χ2v) is 7.53. The van der Waals surface area contributed by atoms with Gasteiger partial charge in [-0.2, -0.15) is 0 Å². The summed E-state index contributed by atoms with van der Waals surface area (Å²) in [5.74, 6) is -1.89. The minimum Gasteiger partial charge on any atom is -0.467 e. The fraction of sp³-hybridized carbons (Fsp3) is 0.333. The highest BCUT2D eigenvalue weighted by Gasteiger charge is 2.27. The van der Waals surface area contributed by atoms with E-state index in [-0.39, 0.29) is 18.1 Å². The lowest BCUT2D eigenvalue weighted by Crippen LogP contribution is -2.45. The van der Waals surface area contributed by atoms with Crippen LogP contribution in [0.25, 0.3) is 0 Å². The molecule has 8 nitrogen and oxygen atoms in total. The molecule has 0 heterocycles. The van der Waals surface area contributed by atoms with Crippen LogP contribution in [0, 0.1) is 5.92 Å². The summed E-state index contributed by atoms with van der Waals surface area (Å²) in [5.41, 5.74) is 1.35. The Morgan fingerprint density at radius 3 is 2.22 bits per heavy atom. The first kappa shape index (κ1) is 24.6. The SMILES string of the molecule is COC(=O)[C@@H](NC(=O)CC(=O)c1ccccc1N(C)C(=O)OCc1ccccc1)C(C)C. The zero-order valence-corrected chi connectivity index (χ0v) is 18.7. The van der Waals surface area contributed by atoms with Gasteiger partial charge in [-0.05, 0) is 23.6 Å². The van der Waals surface area contributed by atoms with Crippen molar-refractivity contribution in [3.05, 3.63) is 65.7 Å². The van der Waals surface area contributed by atoms with E-state index in [0.717, 1.165) is 5.56 Å². The van der Waals surface area contributed by atoms with Crippen LogP contribution in [0.5, 0.6) is 0 Å². The summed E-state index contributed by atoms with van der Waals surface area (Å²) in [6, 6.07) is 14.8. The number of hydrogen-bond donors (Lipinski definition) is 1. The van der Waals surface area contributed by atoms with E-state index in [1.807, 2.05) is 30.3 Å². The third kappa shape index (κ3) is 6.66. The molecule has 32 heavy (non-hydrogen) atoms. The van der Waals surface area contributed by atoms with Crippen LogP contribution in [-0.2, 0) is 25.7 Å². The van der Waals surface area contributed by atoms with Gasteiger partial charge in [0.1, 0.15) is 12.6 Å². The molecule has 0 unspecified atom stereocenters. The number of ketones is 1. The molecule has 0 fully saturated rings. The van der Waals surface area contributed by atoms with Gasteiger partial charge in [-0.1, -0.05) is 56.3 Å². The number of nitrogens with zero attached hydrogens (tertiary/aromatic N) is 1. The van der Waals surface area contributed by atoms with E-state index < -0.39 is 36.2 Å². The Morgan fingerprint density at radius 1 is 0.969 bits per heavy atom. The van der Waals surface area contributed by atoms with E-state index >= 15 is 0 Å². The number of para-hydroxylation sites is 1. The van der Waals surface area contributed by atoms with Crippen LogP contribution in [0.1, 0.15) is 36.2 Å².